The van der Waals surface area contributed by atoms with Gasteiger partial charge in [0.05, 0.1) is 17.1 Å². The van der Waals surface area contributed by atoms with Crippen molar-refractivity contribution in [1.82, 2.24) is 4.90 Å². The molecule has 2 aliphatic heterocycles. The summed E-state index contributed by atoms with van der Waals surface area (Å²) in [4.78, 5) is 4.37. The molecule has 0 unspecified atom stereocenters. The van der Waals surface area contributed by atoms with E-state index in [-0.39, 0.29) is 0 Å². The Morgan fingerprint density at radius 3 is 2.07 bits per heavy atom. The van der Waals surface area contributed by atoms with E-state index in [1.54, 1.807) is 0 Å². The molecule has 2 heteroatoms. The first kappa shape index (κ1) is 17.7. The zero-order valence-corrected chi connectivity index (χ0v) is 16.5. The minimum atomic E-state index is 0.436. The minimum absolute atomic E-state index is 0.436. The van der Waals surface area contributed by atoms with E-state index in [0.29, 0.717) is 11.8 Å². The third-order valence-corrected chi connectivity index (χ3v) is 5.15. The first-order valence-electron chi connectivity index (χ1n) is 9.71. The molecular weight excluding hydrogens is 328 g/mol. The Labute approximate surface area is 163 Å². The van der Waals surface area contributed by atoms with Crippen molar-refractivity contribution >= 4 is 11.4 Å². The molecule has 0 spiro atoms. The summed E-state index contributed by atoms with van der Waals surface area (Å²) in [6.45, 7) is 12.7. The van der Waals surface area contributed by atoms with Crippen molar-refractivity contribution in [3.05, 3.63) is 102 Å². The molecule has 4 rings (SSSR count). The van der Waals surface area contributed by atoms with Crippen LogP contribution in [-0.2, 0) is 0 Å². The van der Waals surface area contributed by atoms with Crippen LogP contribution in [0, 0.1) is 6.67 Å². The molecule has 0 fully saturated rings. The quantitative estimate of drug-likeness (QED) is 0.618. The van der Waals surface area contributed by atoms with E-state index in [2.05, 4.69) is 117 Å². The normalized spacial score (nSPS) is 16.1. The molecule has 136 valence electrons. The Morgan fingerprint density at radius 2 is 1.44 bits per heavy atom. The largest absolute Gasteiger partial charge is 0.315 e. The van der Waals surface area contributed by atoms with Crippen molar-refractivity contribution in [2.75, 3.05) is 4.90 Å². The van der Waals surface area contributed by atoms with Gasteiger partial charge in [0, 0.05) is 11.8 Å². The summed E-state index contributed by atoms with van der Waals surface area (Å²) in [6.07, 6.45) is 8.39. The lowest BCUT2D eigenvalue weighted by Crippen LogP contribution is -2.21. The van der Waals surface area contributed by atoms with Crippen molar-refractivity contribution < 1.29 is 0 Å². The first-order valence-corrected chi connectivity index (χ1v) is 9.71. The lowest BCUT2D eigenvalue weighted by atomic mass is 9.91. The third-order valence-electron chi connectivity index (χ3n) is 5.15. The fourth-order valence-corrected chi connectivity index (χ4v) is 3.80. The summed E-state index contributed by atoms with van der Waals surface area (Å²) in [5.41, 5.74) is 7.54. The van der Waals surface area contributed by atoms with E-state index < -0.39 is 0 Å². The molecule has 0 saturated carbocycles. The number of hydrogen-bond acceptors (Lipinski definition) is 2. The van der Waals surface area contributed by atoms with Crippen molar-refractivity contribution in [3.8, 4) is 0 Å². The molecule has 0 aliphatic carbocycles. The lowest BCUT2D eigenvalue weighted by Gasteiger charge is -2.29. The summed E-state index contributed by atoms with van der Waals surface area (Å²) in [5, 5.41) is 0. The van der Waals surface area contributed by atoms with E-state index in [4.69, 9.17) is 0 Å². The molecule has 27 heavy (non-hydrogen) atoms. The van der Waals surface area contributed by atoms with Gasteiger partial charge in [-0.2, -0.15) is 0 Å². The van der Waals surface area contributed by atoms with Crippen LogP contribution in [0.15, 0.2) is 78.7 Å². The van der Waals surface area contributed by atoms with E-state index >= 15 is 0 Å². The van der Waals surface area contributed by atoms with Gasteiger partial charge in [-0.15, -0.1) is 0 Å². The number of benzene rings is 2. The van der Waals surface area contributed by atoms with Crippen LogP contribution in [0.4, 0.5) is 5.69 Å². The van der Waals surface area contributed by atoms with Gasteiger partial charge in [0.25, 0.3) is 0 Å². The fraction of sp³-hybridized carbons (Fsp3) is 0.240. The Kier molecular flexibility index (Phi) is 4.65. The van der Waals surface area contributed by atoms with Crippen LogP contribution in [0.3, 0.4) is 0 Å². The number of fused-ring (bicyclic) bond motifs is 1. The van der Waals surface area contributed by atoms with Crippen LogP contribution in [0.25, 0.3) is 5.70 Å². The van der Waals surface area contributed by atoms with Gasteiger partial charge in [-0.1, -0.05) is 82.3 Å². The summed E-state index contributed by atoms with van der Waals surface area (Å²) < 4.78 is 0. The number of nitrogens with zero attached hydrogens (tertiary/aromatic N) is 2. The molecule has 2 radical (unpaired) electrons. The van der Waals surface area contributed by atoms with Gasteiger partial charge in [-0.05, 0) is 35.1 Å². The molecule has 0 bridgehead atoms. The molecule has 0 aromatic heterocycles. The van der Waals surface area contributed by atoms with Crippen LogP contribution in [0.1, 0.15) is 56.2 Å². The van der Waals surface area contributed by atoms with Gasteiger partial charge < -0.3 is 9.80 Å². The molecule has 2 heterocycles. The smallest absolute Gasteiger partial charge is 0.218 e. The molecule has 0 N–H and O–H groups in total. The highest BCUT2D eigenvalue weighted by atomic mass is 15.4. The van der Waals surface area contributed by atoms with Crippen molar-refractivity contribution in [2.45, 2.75) is 39.5 Å². The van der Waals surface area contributed by atoms with E-state index in [1.807, 2.05) is 0 Å². The second-order valence-corrected chi connectivity index (χ2v) is 7.70. The Balaban J connectivity index is 1.95. The summed E-state index contributed by atoms with van der Waals surface area (Å²) in [7, 11) is 0. The maximum Gasteiger partial charge on any atom is 0.218 e. The molecule has 2 aliphatic rings. The highest BCUT2D eigenvalue weighted by Crippen LogP contribution is 2.45. The van der Waals surface area contributed by atoms with Gasteiger partial charge in [-0.3, -0.25) is 0 Å². The highest BCUT2D eigenvalue weighted by Gasteiger charge is 2.34. The standard InChI is InChI=1S/C25H26N2/c1-18(2)21-13-10-14-22(19(3)4)25(21)27-17-26-16-9-8-15-23(26)24(27)20-11-6-5-7-12-20/h5-16,18-19H,1-4H3. The van der Waals surface area contributed by atoms with Gasteiger partial charge in [-0.25, -0.2) is 0 Å². The van der Waals surface area contributed by atoms with Crippen LogP contribution in [0.5, 0.6) is 0 Å². The maximum absolute atomic E-state index is 3.60. The summed E-state index contributed by atoms with van der Waals surface area (Å²) in [5.74, 6) is 0.873. The molecule has 2 aromatic carbocycles. The van der Waals surface area contributed by atoms with Gasteiger partial charge in [0.1, 0.15) is 0 Å². The number of anilines is 1. The Hall–Kier alpha value is -2.74. The van der Waals surface area contributed by atoms with Crippen LogP contribution in [-0.4, -0.2) is 4.90 Å². The second-order valence-electron chi connectivity index (χ2n) is 7.70. The van der Waals surface area contributed by atoms with Gasteiger partial charge in [0.2, 0.25) is 6.67 Å². The molecule has 2 nitrogen and oxygen atoms in total. The Bertz CT molecular complexity index is 890. The average Bonchev–Trinajstić information content (AvgIpc) is 3.07. The predicted molar refractivity (Wildman–Crippen MR) is 114 cm³/mol. The van der Waals surface area contributed by atoms with Crippen LogP contribution < -0.4 is 4.90 Å². The van der Waals surface area contributed by atoms with Gasteiger partial charge in [0.15, 0.2) is 0 Å². The second kappa shape index (κ2) is 7.11. The monoisotopic (exact) mass is 354 g/mol. The van der Waals surface area contributed by atoms with E-state index in [9.17, 15) is 0 Å². The maximum atomic E-state index is 3.60. The molecule has 0 atom stereocenters. The molecule has 0 amide bonds. The topological polar surface area (TPSA) is 6.48 Å². The SMILES string of the molecule is CC(C)c1cccc(C(C)C)c1N1[C]N2C=CC=CC2=C1c1ccccc1. The highest BCUT2D eigenvalue weighted by molar-refractivity contribution is 5.89. The number of para-hydroxylation sites is 1. The summed E-state index contributed by atoms with van der Waals surface area (Å²) in [6, 6.07) is 17.3. The van der Waals surface area contributed by atoms with Crippen LogP contribution >= 0.6 is 0 Å². The van der Waals surface area contributed by atoms with Gasteiger partial charge >= 0.3 is 0 Å². The fourth-order valence-electron chi connectivity index (χ4n) is 3.80. The van der Waals surface area contributed by atoms with Crippen LogP contribution in [0.2, 0.25) is 0 Å². The number of hydrogen-bond donors (Lipinski definition) is 0. The zero-order valence-electron chi connectivity index (χ0n) is 16.5. The van der Waals surface area contributed by atoms with Crippen molar-refractivity contribution in [1.29, 1.82) is 0 Å². The number of rotatable bonds is 4. The summed E-state index contributed by atoms with van der Waals surface area (Å²) >= 11 is 0. The van der Waals surface area contributed by atoms with E-state index in [1.165, 1.54) is 28.1 Å². The van der Waals surface area contributed by atoms with Crippen molar-refractivity contribution in [3.63, 3.8) is 0 Å². The molecule has 2 aromatic rings. The lowest BCUT2D eigenvalue weighted by molar-refractivity contribution is 0.597. The third kappa shape index (κ3) is 3.10. The molecule has 0 saturated heterocycles. The first-order chi connectivity index (χ1) is 13.1. The average molecular weight is 354 g/mol. The van der Waals surface area contributed by atoms with Crippen molar-refractivity contribution in [2.24, 2.45) is 0 Å². The minimum Gasteiger partial charge on any atom is -0.315 e. The predicted octanol–water partition coefficient (Wildman–Crippen LogP) is 6.50. The zero-order chi connectivity index (χ0) is 19.0. The number of allylic oxidation sites excluding steroid dienone is 3. The molecular formula is C25H26N2. The van der Waals surface area contributed by atoms with E-state index in [0.717, 1.165) is 5.70 Å². The Morgan fingerprint density at radius 1 is 0.778 bits per heavy atom.